The van der Waals surface area contributed by atoms with Gasteiger partial charge in [0.25, 0.3) is 0 Å². The molecule has 5 heteroatoms. The van der Waals surface area contributed by atoms with E-state index in [1.807, 2.05) is 0 Å². The summed E-state index contributed by atoms with van der Waals surface area (Å²) in [5, 5.41) is 7.49. The second kappa shape index (κ2) is 5.17. The van der Waals surface area contributed by atoms with Gasteiger partial charge in [0.1, 0.15) is 0 Å². The van der Waals surface area contributed by atoms with Crippen molar-refractivity contribution in [3.63, 3.8) is 0 Å². The number of rotatable bonds is 2. The van der Waals surface area contributed by atoms with E-state index in [2.05, 4.69) is 40.4 Å². The fourth-order valence-corrected chi connectivity index (χ4v) is 3.62. The molecule has 0 spiro atoms. The average molecular weight is 294 g/mol. The van der Waals surface area contributed by atoms with Gasteiger partial charge in [-0.05, 0) is 55.7 Å². The zero-order valence-corrected chi connectivity index (χ0v) is 13.7. The van der Waals surface area contributed by atoms with E-state index in [4.69, 9.17) is 12.2 Å². The second-order valence-corrected chi connectivity index (χ2v) is 7.80. The van der Waals surface area contributed by atoms with Gasteiger partial charge in [0, 0.05) is 19.1 Å². The van der Waals surface area contributed by atoms with E-state index in [1.165, 1.54) is 32.1 Å². The third-order valence-corrected chi connectivity index (χ3v) is 5.12. The van der Waals surface area contributed by atoms with Crippen LogP contribution in [0.2, 0.25) is 0 Å². The molecule has 112 valence electrons. The molecule has 4 nitrogen and oxygen atoms in total. The van der Waals surface area contributed by atoms with Gasteiger partial charge in [-0.3, -0.25) is 4.57 Å². The number of aromatic amines is 1. The maximum atomic E-state index is 5.39. The van der Waals surface area contributed by atoms with Crippen molar-refractivity contribution in [3.05, 3.63) is 4.77 Å². The third kappa shape index (κ3) is 2.78. The highest BCUT2D eigenvalue weighted by Crippen LogP contribution is 2.39. The lowest BCUT2D eigenvalue weighted by molar-refractivity contribution is 0.220. The molecule has 0 radical (unpaired) electrons. The molecule has 1 aromatic rings. The van der Waals surface area contributed by atoms with Gasteiger partial charge in [-0.1, -0.05) is 20.8 Å². The molecule has 1 aliphatic carbocycles. The smallest absolute Gasteiger partial charge is 0.225 e. The van der Waals surface area contributed by atoms with Crippen LogP contribution in [0, 0.1) is 16.1 Å². The van der Waals surface area contributed by atoms with Gasteiger partial charge in [-0.2, -0.15) is 0 Å². The molecule has 1 atom stereocenters. The maximum Gasteiger partial charge on any atom is 0.225 e. The van der Waals surface area contributed by atoms with Crippen LogP contribution >= 0.6 is 12.2 Å². The predicted molar refractivity (Wildman–Crippen MR) is 84.7 cm³/mol. The minimum absolute atomic E-state index is 0.414. The van der Waals surface area contributed by atoms with E-state index in [1.54, 1.807) is 0 Å². The fourth-order valence-electron chi connectivity index (χ4n) is 3.34. The number of H-pyrrole nitrogens is 1. The Kier molecular flexibility index (Phi) is 3.65. The Morgan fingerprint density at radius 3 is 2.55 bits per heavy atom. The van der Waals surface area contributed by atoms with Crippen LogP contribution in [-0.2, 0) is 0 Å². The van der Waals surface area contributed by atoms with Crippen molar-refractivity contribution in [2.75, 3.05) is 18.0 Å². The Balaban J connectivity index is 1.77. The Morgan fingerprint density at radius 2 is 1.90 bits per heavy atom. The summed E-state index contributed by atoms with van der Waals surface area (Å²) in [6, 6.07) is 0.595. The summed E-state index contributed by atoms with van der Waals surface area (Å²) in [5.41, 5.74) is 0.414. The Hall–Kier alpha value is -0.840. The molecule has 0 aromatic carbocycles. The van der Waals surface area contributed by atoms with E-state index < -0.39 is 0 Å². The van der Waals surface area contributed by atoms with E-state index in [0.717, 1.165) is 29.7 Å². The van der Waals surface area contributed by atoms with Gasteiger partial charge in [-0.15, -0.1) is 5.10 Å². The molecule has 20 heavy (non-hydrogen) atoms. The number of nitrogens with one attached hydrogen (secondary N) is 1. The first kappa shape index (κ1) is 14.1. The standard InChI is InChI=1S/C15H26N4S/c1-15(2,3)11-5-4-9-18(10-8-11)13-16-17-14(20)19(13)12-6-7-12/h11-12H,4-10H2,1-3H3,(H,17,20). The van der Waals surface area contributed by atoms with Gasteiger partial charge < -0.3 is 4.90 Å². The van der Waals surface area contributed by atoms with Crippen LogP contribution in [0.4, 0.5) is 5.95 Å². The Bertz CT molecular complexity index is 521. The zero-order valence-electron chi connectivity index (χ0n) is 12.9. The molecular weight excluding hydrogens is 268 g/mol. The molecule has 1 unspecified atom stereocenters. The van der Waals surface area contributed by atoms with Gasteiger partial charge in [0.05, 0.1) is 0 Å². The highest BCUT2D eigenvalue weighted by atomic mass is 32.1. The highest BCUT2D eigenvalue weighted by molar-refractivity contribution is 7.71. The summed E-state index contributed by atoms with van der Waals surface area (Å²) in [4.78, 5) is 2.44. The molecule has 0 amide bonds. The van der Waals surface area contributed by atoms with Crippen LogP contribution in [-0.4, -0.2) is 27.9 Å². The van der Waals surface area contributed by atoms with Crippen molar-refractivity contribution >= 4 is 18.2 Å². The minimum atomic E-state index is 0.414. The summed E-state index contributed by atoms with van der Waals surface area (Å²) >= 11 is 5.39. The second-order valence-electron chi connectivity index (χ2n) is 7.41. The van der Waals surface area contributed by atoms with E-state index in [9.17, 15) is 0 Å². The molecule has 2 aliphatic rings. The number of aromatic nitrogens is 3. The summed E-state index contributed by atoms with van der Waals surface area (Å²) < 4.78 is 3.03. The highest BCUT2D eigenvalue weighted by Gasteiger charge is 2.32. The number of nitrogens with zero attached hydrogens (tertiary/aromatic N) is 3. The maximum absolute atomic E-state index is 5.39. The van der Waals surface area contributed by atoms with E-state index >= 15 is 0 Å². The molecular formula is C15H26N4S. The molecule has 1 aromatic heterocycles. The van der Waals surface area contributed by atoms with Crippen molar-refractivity contribution < 1.29 is 0 Å². The zero-order chi connectivity index (χ0) is 14.3. The summed E-state index contributed by atoms with van der Waals surface area (Å²) in [6.45, 7) is 9.32. The molecule has 1 N–H and O–H groups in total. The molecule has 1 saturated heterocycles. The Morgan fingerprint density at radius 1 is 1.15 bits per heavy atom. The normalized spacial score (nSPS) is 24.8. The summed E-state index contributed by atoms with van der Waals surface area (Å²) in [7, 11) is 0. The van der Waals surface area contributed by atoms with Crippen molar-refractivity contribution in [2.24, 2.45) is 11.3 Å². The SMILES string of the molecule is CC(C)(C)C1CCCN(c2n[nH]c(=S)n2C2CC2)CC1. The predicted octanol–water partition coefficient (Wildman–Crippen LogP) is 3.93. The third-order valence-electron chi connectivity index (χ3n) is 4.83. The molecule has 3 rings (SSSR count). The first-order valence-corrected chi connectivity index (χ1v) is 8.29. The quantitative estimate of drug-likeness (QED) is 0.840. The lowest BCUT2D eigenvalue weighted by Gasteiger charge is -2.29. The lowest BCUT2D eigenvalue weighted by Crippen LogP contribution is -2.28. The number of hydrogen-bond acceptors (Lipinski definition) is 3. The number of anilines is 1. The van der Waals surface area contributed by atoms with Crippen LogP contribution in [0.3, 0.4) is 0 Å². The van der Waals surface area contributed by atoms with Crippen LogP contribution in [0.5, 0.6) is 0 Å². The molecule has 1 saturated carbocycles. The van der Waals surface area contributed by atoms with Gasteiger partial charge >= 0.3 is 0 Å². The minimum Gasteiger partial charge on any atom is -0.341 e. The van der Waals surface area contributed by atoms with Crippen LogP contribution in [0.1, 0.15) is 58.9 Å². The first-order valence-electron chi connectivity index (χ1n) is 7.88. The largest absolute Gasteiger partial charge is 0.341 e. The molecule has 1 aliphatic heterocycles. The van der Waals surface area contributed by atoms with Crippen molar-refractivity contribution in [2.45, 2.75) is 58.9 Å². The van der Waals surface area contributed by atoms with E-state index in [-0.39, 0.29) is 0 Å². The molecule has 0 bridgehead atoms. The van der Waals surface area contributed by atoms with Crippen molar-refractivity contribution in [1.29, 1.82) is 0 Å². The first-order chi connectivity index (χ1) is 9.47. The van der Waals surface area contributed by atoms with Crippen LogP contribution < -0.4 is 4.90 Å². The topological polar surface area (TPSA) is 36.9 Å². The van der Waals surface area contributed by atoms with Gasteiger partial charge in [0.15, 0.2) is 4.77 Å². The van der Waals surface area contributed by atoms with Crippen LogP contribution in [0.25, 0.3) is 0 Å². The Labute approximate surface area is 126 Å². The summed E-state index contributed by atoms with van der Waals surface area (Å²) in [5.74, 6) is 1.89. The number of hydrogen-bond donors (Lipinski definition) is 1. The monoisotopic (exact) mass is 294 g/mol. The van der Waals surface area contributed by atoms with E-state index in [0.29, 0.717) is 11.5 Å². The average Bonchev–Trinajstić information content (AvgIpc) is 3.16. The van der Waals surface area contributed by atoms with Crippen molar-refractivity contribution in [3.8, 4) is 0 Å². The van der Waals surface area contributed by atoms with Gasteiger partial charge in [0.2, 0.25) is 5.95 Å². The van der Waals surface area contributed by atoms with Gasteiger partial charge in [-0.25, -0.2) is 5.10 Å². The fraction of sp³-hybridized carbons (Fsp3) is 0.867. The lowest BCUT2D eigenvalue weighted by atomic mass is 9.77. The van der Waals surface area contributed by atoms with Crippen LogP contribution in [0.15, 0.2) is 0 Å². The summed E-state index contributed by atoms with van der Waals surface area (Å²) in [6.07, 6.45) is 6.34. The molecule has 2 heterocycles. The molecule has 2 fully saturated rings. The van der Waals surface area contributed by atoms with Crippen molar-refractivity contribution in [1.82, 2.24) is 14.8 Å².